The van der Waals surface area contributed by atoms with Gasteiger partial charge < -0.3 is 25.2 Å². The van der Waals surface area contributed by atoms with Crippen LogP contribution in [0.5, 0.6) is 0 Å². The van der Waals surface area contributed by atoms with Crippen LogP contribution in [0.15, 0.2) is 97.2 Å². The van der Waals surface area contributed by atoms with Gasteiger partial charge in [-0.05, 0) is 96.3 Å². The van der Waals surface area contributed by atoms with E-state index in [2.05, 4.69) is 110 Å². The molecule has 0 aliphatic rings. The average molecular weight is 888 g/mol. The molecule has 0 aromatic heterocycles. The molecular weight excluding hydrogens is 806 g/mol. The number of aliphatic hydroxyl groups excluding tert-OH is 1. The van der Waals surface area contributed by atoms with Crippen molar-refractivity contribution in [2.75, 3.05) is 19.8 Å². The van der Waals surface area contributed by atoms with Crippen LogP contribution in [0, 0.1) is 0 Å². The lowest BCUT2D eigenvalue weighted by Gasteiger charge is -2.18. The van der Waals surface area contributed by atoms with Crippen molar-refractivity contribution < 1.29 is 47.8 Å². The lowest BCUT2D eigenvalue weighted by molar-refractivity contribution is -0.147. The van der Waals surface area contributed by atoms with Crippen molar-refractivity contribution in [2.45, 2.75) is 180 Å². The predicted octanol–water partition coefficient (Wildman–Crippen LogP) is 12.4. The molecular formula is C50H82NO10P. The fourth-order valence-electron chi connectivity index (χ4n) is 5.76. The van der Waals surface area contributed by atoms with Gasteiger partial charge in [-0.15, -0.1) is 0 Å². The van der Waals surface area contributed by atoms with Crippen LogP contribution in [0.1, 0.15) is 168 Å². The standard InChI is InChI=1S/C50H82NO10P/c1-3-5-7-9-11-13-15-17-19-20-21-22-23-24-25-26-28-30-32-34-36-38-40-42-49(54)59-43-46(52)44-60-62(57,58)61-45-47(50(55)56)51-48(53)41-39-37-35-33-31-29-27-18-16-14-12-10-8-6-4-2/h6,8,11-14,17-19,21-22,24-25,27,31,33,46-47,52H,3-5,7,9-10,15-16,20,23,26,28-30,32,34-45H2,1-2H3,(H,51,53)(H,55,56)(H,57,58)/b8-6-,13-11-,14-12-,19-17-,22-21-,25-24-,27-18-,33-31-. The summed E-state index contributed by atoms with van der Waals surface area (Å²) in [5.74, 6) is -2.46. The van der Waals surface area contributed by atoms with E-state index in [4.69, 9.17) is 13.8 Å². The molecule has 62 heavy (non-hydrogen) atoms. The van der Waals surface area contributed by atoms with Crippen LogP contribution >= 0.6 is 7.82 Å². The molecule has 1 amide bonds. The third kappa shape index (κ3) is 43.1. The molecule has 12 heteroatoms. The number of esters is 1. The molecule has 0 heterocycles. The number of carbonyl (C=O) groups excluding carboxylic acids is 2. The van der Waals surface area contributed by atoms with Crippen molar-refractivity contribution in [1.29, 1.82) is 0 Å². The van der Waals surface area contributed by atoms with E-state index in [1.54, 1.807) is 0 Å². The molecule has 0 spiro atoms. The smallest absolute Gasteiger partial charge is 0.472 e. The van der Waals surface area contributed by atoms with E-state index in [-0.39, 0.29) is 12.8 Å². The van der Waals surface area contributed by atoms with Gasteiger partial charge in [-0.2, -0.15) is 0 Å². The first kappa shape index (κ1) is 58.4. The number of carboxylic acids is 1. The number of aliphatic carboxylic acids is 1. The molecule has 0 aliphatic carbocycles. The van der Waals surface area contributed by atoms with Crippen molar-refractivity contribution in [1.82, 2.24) is 5.32 Å². The highest BCUT2D eigenvalue weighted by Gasteiger charge is 2.28. The Morgan fingerprint density at radius 1 is 0.532 bits per heavy atom. The maximum atomic E-state index is 12.3. The van der Waals surface area contributed by atoms with Gasteiger partial charge in [0.25, 0.3) is 0 Å². The molecule has 0 fully saturated rings. The SMILES string of the molecule is CC/C=C\C/C=C\C/C=C\C/C=C\CCCCC(=O)NC(COP(=O)(O)OCC(O)COC(=O)CCCCCCCCC/C=C\C/C=C\C/C=C\C/C=C\CCCCC)C(=O)O. The largest absolute Gasteiger partial charge is 0.480 e. The summed E-state index contributed by atoms with van der Waals surface area (Å²) in [6, 6.07) is -1.58. The number of allylic oxidation sites excluding steroid dienone is 16. The molecule has 4 N–H and O–H groups in total. The van der Waals surface area contributed by atoms with E-state index in [9.17, 15) is 34.1 Å². The fourth-order valence-corrected chi connectivity index (χ4v) is 6.53. The number of rotatable bonds is 42. The Balaban J connectivity index is 3.94. The van der Waals surface area contributed by atoms with Gasteiger partial charge in [0.05, 0.1) is 13.2 Å². The number of unbranched alkanes of at least 4 members (excludes halogenated alkanes) is 12. The van der Waals surface area contributed by atoms with E-state index in [0.717, 1.165) is 89.9 Å². The van der Waals surface area contributed by atoms with E-state index in [1.165, 1.54) is 38.5 Å². The van der Waals surface area contributed by atoms with Gasteiger partial charge in [0, 0.05) is 12.8 Å². The molecule has 0 aliphatic heterocycles. The number of phosphoric acid groups is 1. The van der Waals surface area contributed by atoms with Crippen LogP contribution in [0.25, 0.3) is 0 Å². The van der Waals surface area contributed by atoms with E-state index in [0.29, 0.717) is 12.8 Å². The molecule has 0 saturated carbocycles. The normalized spacial score (nSPS) is 14.5. The second kappa shape index (κ2) is 44.0. The van der Waals surface area contributed by atoms with Gasteiger partial charge in [-0.25, -0.2) is 9.36 Å². The van der Waals surface area contributed by atoms with Crippen LogP contribution in [0.4, 0.5) is 0 Å². The zero-order valence-corrected chi connectivity index (χ0v) is 39.0. The average Bonchev–Trinajstić information content (AvgIpc) is 3.25. The Morgan fingerprint density at radius 2 is 0.935 bits per heavy atom. The minimum absolute atomic E-state index is 0.0871. The second-order valence-electron chi connectivity index (χ2n) is 15.2. The molecule has 0 saturated heterocycles. The van der Waals surface area contributed by atoms with E-state index < -0.39 is 57.6 Å². The maximum Gasteiger partial charge on any atom is 0.472 e. The number of hydrogen-bond donors (Lipinski definition) is 4. The van der Waals surface area contributed by atoms with Crippen molar-refractivity contribution in [3.8, 4) is 0 Å². The number of nitrogens with one attached hydrogen (secondary N) is 1. The minimum atomic E-state index is -4.78. The Hall–Kier alpha value is -3.60. The minimum Gasteiger partial charge on any atom is -0.480 e. The molecule has 0 radical (unpaired) electrons. The summed E-state index contributed by atoms with van der Waals surface area (Å²) in [7, 11) is -4.78. The van der Waals surface area contributed by atoms with Gasteiger partial charge in [0.1, 0.15) is 12.7 Å². The highest BCUT2D eigenvalue weighted by atomic mass is 31.2. The third-order valence-electron chi connectivity index (χ3n) is 9.36. The van der Waals surface area contributed by atoms with E-state index >= 15 is 0 Å². The Labute approximate surface area is 374 Å². The number of carboxylic acid groups (broad SMARTS) is 1. The van der Waals surface area contributed by atoms with Gasteiger partial charge in [0.15, 0.2) is 6.04 Å². The first-order chi connectivity index (χ1) is 30.1. The zero-order valence-electron chi connectivity index (χ0n) is 38.1. The van der Waals surface area contributed by atoms with Crippen molar-refractivity contribution in [3.05, 3.63) is 97.2 Å². The van der Waals surface area contributed by atoms with Gasteiger partial charge in [-0.3, -0.25) is 18.6 Å². The predicted molar refractivity (Wildman–Crippen MR) is 254 cm³/mol. The first-order valence-corrected chi connectivity index (χ1v) is 24.8. The zero-order chi connectivity index (χ0) is 45.6. The highest BCUT2D eigenvalue weighted by Crippen LogP contribution is 2.43. The maximum absolute atomic E-state index is 12.3. The van der Waals surface area contributed by atoms with Crippen LogP contribution in [-0.4, -0.2) is 64.9 Å². The fraction of sp³-hybridized carbons (Fsp3) is 0.620. The summed E-state index contributed by atoms with van der Waals surface area (Å²) in [5.41, 5.74) is 0. The van der Waals surface area contributed by atoms with Crippen LogP contribution in [0.3, 0.4) is 0 Å². The first-order valence-electron chi connectivity index (χ1n) is 23.3. The Bertz CT molecular complexity index is 1410. The number of hydrogen-bond acceptors (Lipinski definition) is 8. The number of amides is 1. The molecule has 0 bridgehead atoms. The molecule has 352 valence electrons. The molecule has 0 aromatic rings. The lowest BCUT2D eigenvalue weighted by Crippen LogP contribution is -2.43. The van der Waals surface area contributed by atoms with Crippen molar-refractivity contribution in [2.24, 2.45) is 0 Å². The van der Waals surface area contributed by atoms with Crippen LogP contribution < -0.4 is 5.32 Å². The number of ether oxygens (including phenoxy) is 1. The Morgan fingerprint density at radius 3 is 1.42 bits per heavy atom. The summed E-state index contributed by atoms with van der Waals surface area (Å²) in [4.78, 5) is 46.0. The Kier molecular flexibility index (Phi) is 41.5. The van der Waals surface area contributed by atoms with Gasteiger partial charge in [0.2, 0.25) is 5.91 Å². The van der Waals surface area contributed by atoms with Crippen molar-refractivity contribution >= 4 is 25.7 Å². The summed E-state index contributed by atoms with van der Waals surface area (Å²) in [6.07, 6.45) is 55.8. The summed E-state index contributed by atoms with van der Waals surface area (Å²) in [5, 5.41) is 21.8. The highest BCUT2D eigenvalue weighted by molar-refractivity contribution is 7.47. The summed E-state index contributed by atoms with van der Waals surface area (Å²) >= 11 is 0. The molecule has 11 nitrogen and oxygen atoms in total. The third-order valence-corrected chi connectivity index (χ3v) is 10.3. The number of carbonyl (C=O) groups is 3. The van der Waals surface area contributed by atoms with Gasteiger partial charge in [-0.1, -0.05) is 156 Å². The van der Waals surface area contributed by atoms with E-state index in [1.807, 2.05) is 6.08 Å². The van der Waals surface area contributed by atoms with Crippen LogP contribution in [-0.2, 0) is 32.7 Å². The monoisotopic (exact) mass is 888 g/mol. The van der Waals surface area contributed by atoms with Crippen molar-refractivity contribution in [3.63, 3.8) is 0 Å². The summed E-state index contributed by atoms with van der Waals surface area (Å²) < 4.78 is 26.8. The molecule has 3 atom stereocenters. The number of phosphoric ester groups is 1. The molecule has 0 aromatic carbocycles. The number of aliphatic hydroxyl groups is 1. The second-order valence-corrected chi connectivity index (χ2v) is 16.7. The summed E-state index contributed by atoms with van der Waals surface area (Å²) in [6.45, 7) is 2.39. The lowest BCUT2D eigenvalue weighted by atomic mass is 10.1. The molecule has 0 rings (SSSR count). The van der Waals surface area contributed by atoms with Gasteiger partial charge >= 0.3 is 19.8 Å². The topological polar surface area (TPSA) is 169 Å². The quantitative estimate of drug-likeness (QED) is 0.0200. The molecule has 3 unspecified atom stereocenters. The van der Waals surface area contributed by atoms with Crippen LogP contribution in [0.2, 0.25) is 0 Å².